The molecule has 1 aromatic rings. The second-order valence-corrected chi connectivity index (χ2v) is 7.21. The molecule has 1 heterocycles. The molecule has 0 N–H and O–H groups in total. The van der Waals surface area contributed by atoms with E-state index < -0.39 is 43.4 Å². The van der Waals surface area contributed by atoms with Crippen molar-refractivity contribution in [1.29, 1.82) is 0 Å². The minimum atomic E-state index is -3.22. The van der Waals surface area contributed by atoms with Gasteiger partial charge in [-0.05, 0) is 40.1 Å². The lowest BCUT2D eigenvalue weighted by atomic mass is 9.78. The molecule has 0 unspecified atom stereocenters. The van der Waals surface area contributed by atoms with Crippen LogP contribution in [0.1, 0.15) is 40.2 Å². The van der Waals surface area contributed by atoms with E-state index in [1.165, 1.54) is 12.1 Å². The zero-order chi connectivity index (χ0) is 19.6. The standard InChI is InChI=1S/C18H25BF2O5/c1-6-24-15(22)11-23-12-18(20,21)13-7-9-14(10-8-13)19-25-16(2,3)17(4,5)26-19/h7-10H,6,11-12H2,1-5H3. The van der Waals surface area contributed by atoms with Gasteiger partial charge in [-0.25, -0.2) is 4.79 Å². The van der Waals surface area contributed by atoms with Crippen molar-refractivity contribution in [3.63, 3.8) is 0 Å². The fraction of sp³-hybridized carbons (Fsp3) is 0.611. The van der Waals surface area contributed by atoms with Gasteiger partial charge in [-0.1, -0.05) is 24.3 Å². The maximum Gasteiger partial charge on any atom is 0.494 e. The summed E-state index contributed by atoms with van der Waals surface area (Å²) in [7, 11) is -0.609. The van der Waals surface area contributed by atoms with Crippen LogP contribution in [-0.2, 0) is 29.5 Å². The third kappa shape index (κ3) is 4.61. The molecule has 1 aliphatic heterocycles. The largest absolute Gasteiger partial charge is 0.494 e. The quantitative estimate of drug-likeness (QED) is 0.546. The highest BCUT2D eigenvalue weighted by Gasteiger charge is 2.51. The number of carbonyl (C=O) groups excluding carboxylic acids is 1. The van der Waals surface area contributed by atoms with Crippen LogP contribution in [0.5, 0.6) is 0 Å². The van der Waals surface area contributed by atoms with Crippen molar-refractivity contribution < 1.29 is 32.4 Å². The summed E-state index contributed by atoms with van der Waals surface area (Å²) in [6.07, 6.45) is 0. The number of rotatable bonds is 7. The first kappa shape index (κ1) is 20.8. The first-order valence-corrected chi connectivity index (χ1v) is 8.56. The smallest absolute Gasteiger partial charge is 0.464 e. The van der Waals surface area contributed by atoms with Gasteiger partial charge in [-0.15, -0.1) is 0 Å². The molecule has 0 aliphatic carbocycles. The Bertz CT molecular complexity index is 615. The molecule has 0 radical (unpaired) electrons. The van der Waals surface area contributed by atoms with E-state index in [2.05, 4.69) is 4.74 Å². The number of ether oxygens (including phenoxy) is 2. The molecule has 1 fully saturated rings. The molecule has 1 saturated heterocycles. The maximum absolute atomic E-state index is 14.2. The van der Waals surface area contributed by atoms with Crippen LogP contribution < -0.4 is 5.46 Å². The Hall–Kier alpha value is -1.51. The third-order valence-electron chi connectivity index (χ3n) is 4.67. The average molecular weight is 370 g/mol. The summed E-state index contributed by atoms with van der Waals surface area (Å²) in [6.45, 7) is 8.11. The van der Waals surface area contributed by atoms with E-state index in [-0.39, 0.29) is 12.2 Å². The summed E-state index contributed by atoms with van der Waals surface area (Å²) in [5.41, 5.74) is -0.542. The molecular formula is C18H25BF2O5. The van der Waals surface area contributed by atoms with E-state index in [0.29, 0.717) is 5.46 Å². The Kier molecular flexibility index (Phi) is 6.10. The van der Waals surface area contributed by atoms with E-state index in [4.69, 9.17) is 14.0 Å². The molecule has 2 rings (SSSR count). The lowest BCUT2D eigenvalue weighted by molar-refractivity contribution is -0.153. The number of hydrogen-bond donors (Lipinski definition) is 0. The maximum atomic E-state index is 14.2. The number of alkyl halides is 2. The third-order valence-corrected chi connectivity index (χ3v) is 4.67. The summed E-state index contributed by atoms with van der Waals surface area (Å²) in [6, 6.07) is 5.73. The highest BCUT2D eigenvalue weighted by molar-refractivity contribution is 6.62. The summed E-state index contributed by atoms with van der Waals surface area (Å²) in [5, 5.41) is 0. The van der Waals surface area contributed by atoms with Crippen LogP contribution in [0.4, 0.5) is 8.78 Å². The molecule has 1 aromatic carbocycles. The van der Waals surface area contributed by atoms with Gasteiger partial charge in [0, 0.05) is 5.56 Å². The normalized spacial score (nSPS) is 18.8. The van der Waals surface area contributed by atoms with Crippen LogP contribution in [-0.4, -0.2) is 44.1 Å². The van der Waals surface area contributed by atoms with Crippen LogP contribution in [0.3, 0.4) is 0 Å². The van der Waals surface area contributed by atoms with Crippen molar-refractivity contribution in [1.82, 2.24) is 0 Å². The van der Waals surface area contributed by atoms with Crippen LogP contribution >= 0.6 is 0 Å². The SMILES string of the molecule is CCOC(=O)COCC(F)(F)c1ccc(B2OC(C)(C)C(C)(C)O2)cc1. The Balaban J connectivity index is 1.99. The van der Waals surface area contributed by atoms with Crippen molar-refractivity contribution in [2.75, 3.05) is 19.8 Å². The van der Waals surface area contributed by atoms with Crippen LogP contribution in [0.2, 0.25) is 0 Å². The number of carbonyl (C=O) groups is 1. The van der Waals surface area contributed by atoms with Crippen molar-refractivity contribution in [3.05, 3.63) is 29.8 Å². The topological polar surface area (TPSA) is 54.0 Å². The number of hydrogen-bond acceptors (Lipinski definition) is 5. The second kappa shape index (κ2) is 7.62. The molecule has 8 heteroatoms. The average Bonchev–Trinajstić information content (AvgIpc) is 2.76. The van der Waals surface area contributed by atoms with Crippen molar-refractivity contribution in [2.24, 2.45) is 0 Å². The molecule has 1 aliphatic rings. The zero-order valence-corrected chi connectivity index (χ0v) is 15.8. The van der Waals surface area contributed by atoms with Crippen LogP contribution in [0.25, 0.3) is 0 Å². The summed E-state index contributed by atoms with van der Waals surface area (Å²) >= 11 is 0. The summed E-state index contributed by atoms with van der Waals surface area (Å²) < 4.78 is 49.6. The van der Waals surface area contributed by atoms with E-state index in [9.17, 15) is 13.6 Å². The highest BCUT2D eigenvalue weighted by atomic mass is 19.3. The van der Waals surface area contributed by atoms with Gasteiger partial charge < -0.3 is 18.8 Å². The Morgan fingerprint density at radius 1 is 1.12 bits per heavy atom. The molecule has 144 valence electrons. The van der Waals surface area contributed by atoms with Crippen molar-refractivity contribution in [3.8, 4) is 0 Å². The van der Waals surface area contributed by atoms with Crippen LogP contribution in [0, 0.1) is 0 Å². The van der Waals surface area contributed by atoms with Gasteiger partial charge in [0.15, 0.2) is 0 Å². The number of halogens is 2. The minimum Gasteiger partial charge on any atom is -0.464 e. The van der Waals surface area contributed by atoms with E-state index in [1.54, 1.807) is 19.1 Å². The van der Waals surface area contributed by atoms with Gasteiger partial charge >= 0.3 is 13.1 Å². The molecular weight excluding hydrogens is 345 g/mol. The molecule has 26 heavy (non-hydrogen) atoms. The Morgan fingerprint density at radius 2 is 1.65 bits per heavy atom. The molecule has 5 nitrogen and oxygen atoms in total. The fourth-order valence-corrected chi connectivity index (χ4v) is 2.41. The lowest BCUT2D eigenvalue weighted by Gasteiger charge is -2.32. The Labute approximate surface area is 153 Å². The van der Waals surface area contributed by atoms with Crippen molar-refractivity contribution in [2.45, 2.75) is 51.7 Å². The molecule has 0 saturated carbocycles. The predicted molar refractivity (Wildman–Crippen MR) is 93.5 cm³/mol. The summed E-state index contributed by atoms with van der Waals surface area (Å²) in [4.78, 5) is 11.1. The summed E-state index contributed by atoms with van der Waals surface area (Å²) in [5.74, 6) is -3.89. The zero-order valence-electron chi connectivity index (χ0n) is 15.8. The van der Waals surface area contributed by atoms with Gasteiger partial charge in [0.05, 0.1) is 17.8 Å². The molecule has 0 amide bonds. The molecule has 0 spiro atoms. The van der Waals surface area contributed by atoms with Crippen LogP contribution in [0.15, 0.2) is 24.3 Å². The first-order chi connectivity index (χ1) is 12.0. The van der Waals surface area contributed by atoms with E-state index >= 15 is 0 Å². The van der Waals surface area contributed by atoms with Gasteiger partial charge in [0.25, 0.3) is 5.92 Å². The highest BCUT2D eigenvalue weighted by Crippen LogP contribution is 2.36. The van der Waals surface area contributed by atoms with Gasteiger partial charge in [-0.3, -0.25) is 0 Å². The number of esters is 1. The monoisotopic (exact) mass is 370 g/mol. The van der Waals surface area contributed by atoms with E-state index in [0.717, 1.165) is 0 Å². The van der Waals surface area contributed by atoms with E-state index in [1.807, 2.05) is 27.7 Å². The molecule has 0 aromatic heterocycles. The Morgan fingerprint density at radius 3 is 2.15 bits per heavy atom. The van der Waals surface area contributed by atoms with Gasteiger partial charge in [-0.2, -0.15) is 8.78 Å². The van der Waals surface area contributed by atoms with Gasteiger partial charge in [0.1, 0.15) is 13.2 Å². The lowest BCUT2D eigenvalue weighted by Crippen LogP contribution is -2.41. The predicted octanol–water partition coefficient (Wildman–Crippen LogP) is 2.66. The van der Waals surface area contributed by atoms with Crippen molar-refractivity contribution >= 4 is 18.6 Å². The fourth-order valence-electron chi connectivity index (χ4n) is 2.41. The molecule has 0 atom stereocenters. The minimum absolute atomic E-state index is 0.180. The first-order valence-electron chi connectivity index (χ1n) is 8.56. The number of benzene rings is 1. The second-order valence-electron chi connectivity index (χ2n) is 7.21. The molecule has 0 bridgehead atoms. The van der Waals surface area contributed by atoms with Gasteiger partial charge in [0.2, 0.25) is 0 Å².